The van der Waals surface area contributed by atoms with Gasteiger partial charge < -0.3 is 10.6 Å². The van der Waals surface area contributed by atoms with Gasteiger partial charge in [0.25, 0.3) is 0 Å². The summed E-state index contributed by atoms with van der Waals surface area (Å²) in [6.07, 6.45) is 2.63. The number of likely N-dealkylation sites (N-methyl/N-ethyl adjacent to an activating group) is 1. The molecule has 0 radical (unpaired) electrons. The third-order valence-corrected chi connectivity index (χ3v) is 4.79. The minimum absolute atomic E-state index is 0. The van der Waals surface area contributed by atoms with Crippen molar-refractivity contribution in [3.05, 3.63) is 22.4 Å². The second kappa shape index (κ2) is 12.1. The van der Waals surface area contributed by atoms with Crippen LogP contribution in [0.25, 0.3) is 0 Å². The van der Waals surface area contributed by atoms with Crippen molar-refractivity contribution in [1.82, 2.24) is 15.5 Å². The summed E-state index contributed by atoms with van der Waals surface area (Å²) in [5.74, 6) is 0.912. The van der Waals surface area contributed by atoms with Gasteiger partial charge in [-0.25, -0.2) is 0 Å². The Balaban J connectivity index is 0.00000242. The molecule has 0 aliphatic heterocycles. The molecule has 2 N–H and O–H groups in total. The van der Waals surface area contributed by atoms with Gasteiger partial charge in [-0.2, -0.15) is 11.3 Å². The standard InChI is InChI=1S/C16H27N3OS.2ClH/c1-3-19(4-2)15(14-7-8-21-12-14)10-18-16(20)11-17-9-13-5-6-13;;/h7-8,12-13,15,17H,3-6,9-11H2,1-2H3,(H,18,20);2*1H. The van der Waals surface area contributed by atoms with Gasteiger partial charge in [-0.1, -0.05) is 13.8 Å². The minimum atomic E-state index is 0. The van der Waals surface area contributed by atoms with Crippen LogP contribution in [0.3, 0.4) is 0 Å². The quantitative estimate of drug-likeness (QED) is 0.654. The molecule has 1 amide bonds. The highest BCUT2D eigenvalue weighted by atomic mass is 35.5. The van der Waals surface area contributed by atoms with Crippen LogP contribution in [0.4, 0.5) is 0 Å². The third-order valence-electron chi connectivity index (χ3n) is 4.09. The fourth-order valence-electron chi connectivity index (χ4n) is 2.57. The molecule has 1 aliphatic rings. The average molecular weight is 382 g/mol. The molecule has 0 spiro atoms. The van der Waals surface area contributed by atoms with E-state index in [1.807, 2.05) is 0 Å². The number of nitrogens with zero attached hydrogens (tertiary/aromatic N) is 1. The molecule has 1 fully saturated rings. The Morgan fingerprint density at radius 2 is 2.04 bits per heavy atom. The predicted molar refractivity (Wildman–Crippen MR) is 103 cm³/mol. The van der Waals surface area contributed by atoms with Crippen LogP contribution in [0.15, 0.2) is 16.8 Å². The van der Waals surface area contributed by atoms with E-state index in [4.69, 9.17) is 0 Å². The molecular weight excluding hydrogens is 353 g/mol. The highest BCUT2D eigenvalue weighted by Crippen LogP contribution is 2.27. The Morgan fingerprint density at radius 3 is 2.57 bits per heavy atom. The number of carbonyl (C=O) groups excluding carboxylic acids is 1. The Labute approximate surface area is 156 Å². The van der Waals surface area contributed by atoms with E-state index in [-0.39, 0.29) is 36.8 Å². The lowest BCUT2D eigenvalue weighted by Crippen LogP contribution is -2.41. The molecule has 0 bridgehead atoms. The minimum Gasteiger partial charge on any atom is -0.353 e. The summed E-state index contributed by atoms with van der Waals surface area (Å²) >= 11 is 1.71. The van der Waals surface area contributed by atoms with E-state index in [2.05, 4.69) is 46.2 Å². The lowest BCUT2D eigenvalue weighted by atomic mass is 10.1. The lowest BCUT2D eigenvalue weighted by molar-refractivity contribution is -0.120. The van der Waals surface area contributed by atoms with Gasteiger partial charge in [0.2, 0.25) is 5.91 Å². The van der Waals surface area contributed by atoms with Crippen molar-refractivity contribution in [2.75, 3.05) is 32.7 Å². The molecule has 1 heterocycles. The van der Waals surface area contributed by atoms with Crippen molar-refractivity contribution in [1.29, 1.82) is 0 Å². The summed E-state index contributed by atoms with van der Waals surface area (Å²) in [6, 6.07) is 2.43. The van der Waals surface area contributed by atoms with Crippen molar-refractivity contribution >= 4 is 42.1 Å². The van der Waals surface area contributed by atoms with Gasteiger partial charge in [-0.15, -0.1) is 24.8 Å². The molecule has 0 aromatic carbocycles. The van der Waals surface area contributed by atoms with Gasteiger partial charge >= 0.3 is 0 Å². The van der Waals surface area contributed by atoms with Crippen LogP contribution in [-0.4, -0.2) is 43.5 Å². The first-order chi connectivity index (χ1) is 10.2. The van der Waals surface area contributed by atoms with Crippen molar-refractivity contribution in [2.45, 2.75) is 32.7 Å². The van der Waals surface area contributed by atoms with Crippen LogP contribution in [-0.2, 0) is 4.79 Å². The van der Waals surface area contributed by atoms with Crippen LogP contribution < -0.4 is 10.6 Å². The maximum absolute atomic E-state index is 11.9. The second-order valence-electron chi connectivity index (χ2n) is 5.67. The Kier molecular flexibility index (Phi) is 11.9. The Hall–Kier alpha value is -0.330. The van der Waals surface area contributed by atoms with E-state index in [0.717, 1.165) is 25.6 Å². The summed E-state index contributed by atoms with van der Waals surface area (Å²) in [4.78, 5) is 14.3. The van der Waals surface area contributed by atoms with Gasteiger partial charge in [0.15, 0.2) is 0 Å². The highest BCUT2D eigenvalue weighted by molar-refractivity contribution is 7.07. The van der Waals surface area contributed by atoms with E-state index in [9.17, 15) is 4.79 Å². The monoisotopic (exact) mass is 381 g/mol. The normalized spacial score (nSPS) is 14.7. The third kappa shape index (κ3) is 7.86. The number of hydrogen-bond acceptors (Lipinski definition) is 4. The molecule has 7 heteroatoms. The molecule has 2 rings (SSSR count). The van der Waals surface area contributed by atoms with Crippen LogP contribution >= 0.6 is 36.2 Å². The predicted octanol–water partition coefficient (Wildman–Crippen LogP) is 3.09. The summed E-state index contributed by atoms with van der Waals surface area (Å²) in [7, 11) is 0. The van der Waals surface area contributed by atoms with Crippen molar-refractivity contribution in [3.8, 4) is 0 Å². The van der Waals surface area contributed by atoms with E-state index in [1.165, 1.54) is 18.4 Å². The summed E-state index contributed by atoms with van der Waals surface area (Å²) < 4.78 is 0. The first kappa shape index (κ1) is 22.7. The molecule has 0 saturated heterocycles. The fourth-order valence-corrected chi connectivity index (χ4v) is 3.28. The molecule has 1 aromatic rings. The van der Waals surface area contributed by atoms with Crippen LogP contribution in [0.5, 0.6) is 0 Å². The van der Waals surface area contributed by atoms with Crippen molar-refractivity contribution in [2.24, 2.45) is 5.92 Å². The summed E-state index contributed by atoms with van der Waals surface area (Å²) in [5.41, 5.74) is 1.30. The molecule has 23 heavy (non-hydrogen) atoms. The highest BCUT2D eigenvalue weighted by Gasteiger charge is 2.21. The molecule has 1 aliphatic carbocycles. The van der Waals surface area contributed by atoms with E-state index >= 15 is 0 Å². The van der Waals surface area contributed by atoms with Gasteiger partial charge in [0.05, 0.1) is 12.6 Å². The molecule has 4 nitrogen and oxygen atoms in total. The number of thiophene rings is 1. The average Bonchev–Trinajstić information content (AvgIpc) is 3.15. The second-order valence-corrected chi connectivity index (χ2v) is 6.45. The fraction of sp³-hybridized carbons (Fsp3) is 0.688. The van der Waals surface area contributed by atoms with E-state index < -0.39 is 0 Å². The first-order valence-corrected chi connectivity index (χ1v) is 8.92. The molecule has 1 aromatic heterocycles. The van der Waals surface area contributed by atoms with Crippen LogP contribution in [0.2, 0.25) is 0 Å². The van der Waals surface area contributed by atoms with Gasteiger partial charge in [-0.3, -0.25) is 9.69 Å². The number of halogens is 2. The number of hydrogen-bond donors (Lipinski definition) is 2. The van der Waals surface area contributed by atoms with E-state index in [1.54, 1.807) is 11.3 Å². The van der Waals surface area contributed by atoms with Crippen LogP contribution in [0, 0.1) is 5.92 Å². The number of amides is 1. The number of rotatable bonds is 10. The van der Waals surface area contributed by atoms with Gasteiger partial charge in [-0.05, 0) is 60.8 Å². The number of carbonyl (C=O) groups is 1. The molecule has 1 atom stereocenters. The van der Waals surface area contributed by atoms with Gasteiger partial charge in [0, 0.05) is 6.54 Å². The molecule has 1 unspecified atom stereocenters. The van der Waals surface area contributed by atoms with E-state index in [0.29, 0.717) is 13.1 Å². The van der Waals surface area contributed by atoms with Gasteiger partial charge in [0.1, 0.15) is 0 Å². The van der Waals surface area contributed by atoms with Crippen molar-refractivity contribution < 1.29 is 4.79 Å². The largest absolute Gasteiger partial charge is 0.353 e. The SMILES string of the molecule is CCN(CC)C(CNC(=O)CNCC1CC1)c1ccsc1.Cl.Cl. The van der Waals surface area contributed by atoms with Crippen LogP contribution in [0.1, 0.15) is 38.3 Å². The Morgan fingerprint density at radius 1 is 1.35 bits per heavy atom. The zero-order valence-corrected chi connectivity index (χ0v) is 16.4. The topological polar surface area (TPSA) is 44.4 Å². The van der Waals surface area contributed by atoms with Crippen molar-refractivity contribution in [3.63, 3.8) is 0 Å². The molecule has 1 saturated carbocycles. The summed E-state index contributed by atoms with van der Waals surface area (Å²) in [5, 5.41) is 10.6. The first-order valence-electron chi connectivity index (χ1n) is 7.98. The number of nitrogens with one attached hydrogen (secondary N) is 2. The molecule has 134 valence electrons. The zero-order chi connectivity index (χ0) is 15.1. The maximum Gasteiger partial charge on any atom is 0.234 e. The summed E-state index contributed by atoms with van der Waals surface area (Å²) in [6.45, 7) is 8.42. The lowest BCUT2D eigenvalue weighted by Gasteiger charge is -2.29. The maximum atomic E-state index is 11.9. The Bertz CT molecular complexity index is 423. The molecular formula is C16H29Cl2N3OS. The zero-order valence-electron chi connectivity index (χ0n) is 13.9. The smallest absolute Gasteiger partial charge is 0.234 e.